The normalized spacial score (nSPS) is 24.4. The highest BCUT2D eigenvalue weighted by Crippen LogP contribution is 2.18. The van der Waals surface area contributed by atoms with Gasteiger partial charge in [0.1, 0.15) is 0 Å². The predicted octanol–water partition coefficient (Wildman–Crippen LogP) is 0.863. The monoisotopic (exact) mass is 367 g/mol. The van der Waals surface area contributed by atoms with Gasteiger partial charge in [0.25, 0.3) is 0 Å². The van der Waals surface area contributed by atoms with Crippen molar-refractivity contribution in [2.45, 2.75) is 39.7 Å². The summed E-state index contributed by atoms with van der Waals surface area (Å²) in [5.41, 5.74) is 0. The second-order valence-electron chi connectivity index (χ2n) is 7.42. The first-order chi connectivity index (χ1) is 12.5. The number of carbonyl (C=O) groups excluding carboxylic acids is 1. The van der Waals surface area contributed by atoms with Gasteiger partial charge in [-0.3, -0.25) is 14.7 Å². The number of guanidine groups is 1. The lowest BCUT2D eigenvalue weighted by Crippen LogP contribution is -2.50. The molecule has 0 aromatic heterocycles. The van der Waals surface area contributed by atoms with E-state index in [4.69, 9.17) is 9.73 Å². The van der Waals surface area contributed by atoms with E-state index in [2.05, 4.69) is 40.9 Å². The molecule has 7 heteroatoms. The minimum Gasteiger partial charge on any atom is -0.466 e. The summed E-state index contributed by atoms with van der Waals surface area (Å²) in [6.07, 6.45) is 1.91. The van der Waals surface area contributed by atoms with Crippen molar-refractivity contribution in [3.05, 3.63) is 0 Å². The average Bonchev–Trinajstić information content (AvgIpc) is 2.65. The lowest BCUT2D eigenvalue weighted by Gasteiger charge is -2.37. The third-order valence-corrected chi connectivity index (χ3v) is 5.34. The van der Waals surface area contributed by atoms with E-state index in [1.54, 1.807) is 0 Å². The summed E-state index contributed by atoms with van der Waals surface area (Å²) in [5, 5.41) is 3.41. The van der Waals surface area contributed by atoms with Crippen LogP contribution in [0, 0.1) is 5.92 Å². The van der Waals surface area contributed by atoms with Crippen LogP contribution in [0.3, 0.4) is 0 Å². The Balaban J connectivity index is 1.93. The maximum atomic E-state index is 12.1. The topological polar surface area (TPSA) is 60.4 Å². The number of piperazine rings is 1. The zero-order valence-electron chi connectivity index (χ0n) is 17.0. The molecular weight excluding hydrogens is 330 g/mol. The molecule has 150 valence electrons. The lowest BCUT2D eigenvalue weighted by molar-refractivity contribution is -0.149. The second kappa shape index (κ2) is 10.7. The van der Waals surface area contributed by atoms with Crippen molar-refractivity contribution >= 4 is 11.9 Å². The van der Waals surface area contributed by atoms with Gasteiger partial charge in [0.05, 0.1) is 19.1 Å². The van der Waals surface area contributed by atoms with Gasteiger partial charge >= 0.3 is 5.97 Å². The van der Waals surface area contributed by atoms with E-state index in [9.17, 15) is 4.79 Å². The number of nitrogens with one attached hydrogen (secondary N) is 1. The fourth-order valence-electron chi connectivity index (χ4n) is 3.64. The number of ether oxygens (including phenoxy) is 1. The molecule has 0 bridgehead atoms. The van der Waals surface area contributed by atoms with Crippen LogP contribution in [0.2, 0.25) is 0 Å². The van der Waals surface area contributed by atoms with Crippen LogP contribution in [-0.4, -0.2) is 98.7 Å². The zero-order chi connectivity index (χ0) is 18.9. The van der Waals surface area contributed by atoms with Gasteiger partial charge in [0, 0.05) is 51.9 Å². The molecular formula is C19H37N5O2. The quantitative estimate of drug-likeness (QED) is 0.427. The van der Waals surface area contributed by atoms with Crippen molar-refractivity contribution < 1.29 is 9.53 Å². The van der Waals surface area contributed by atoms with Gasteiger partial charge < -0.3 is 19.9 Å². The van der Waals surface area contributed by atoms with Crippen molar-refractivity contribution in [1.29, 1.82) is 0 Å². The van der Waals surface area contributed by atoms with E-state index in [0.29, 0.717) is 19.2 Å². The molecule has 2 rings (SSSR count). The highest BCUT2D eigenvalue weighted by Gasteiger charge is 2.28. The number of carbonyl (C=O) groups is 1. The number of rotatable bonds is 6. The first-order valence-corrected chi connectivity index (χ1v) is 10.2. The Labute approximate surface area is 158 Å². The molecule has 1 N–H and O–H groups in total. The number of piperidine rings is 1. The van der Waals surface area contributed by atoms with Crippen LogP contribution in [0.15, 0.2) is 4.99 Å². The molecule has 0 spiro atoms. The third kappa shape index (κ3) is 6.13. The molecule has 2 aliphatic heterocycles. The van der Waals surface area contributed by atoms with Crippen LogP contribution in [0.25, 0.3) is 0 Å². The van der Waals surface area contributed by atoms with E-state index >= 15 is 0 Å². The van der Waals surface area contributed by atoms with Gasteiger partial charge in [-0.05, 0) is 40.7 Å². The first kappa shape index (κ1) is 21.0. The Morgan fingerprint density at radius 3 is 2.62 bits per heavy atom. The number of esters is 1. The van der Waals surface area contributed by atoms with E-state index in [1.807, 2.05) is 6.92 Å². The standard InChI is InChI=1S/C19H37N5O2/c1-5-20-19(21-14-16(3)23-12-10-22(4)11-13-23)24-9-7-8-17(15-24)18(25)26-6-2/h16-17H,5-15H2,1-4H3,(H,20,21). The summed E-state index contributed by atoms with van der Waals surface area (Å²) in [6, 6.07) is 0.433. The van der Waals surface area contributed by atoms with E-state index in [0.717, 1.165) is 64.6 Å². The third-order valence-electron chi connectivity index (χ3n) is 5.34. The highest BCUT2D eigenvalue weighted by molar-refractivity contribution is 5.81. The van der Waals surface area contributed by atoms with Crippen molar-refractivity contribution in [3.63, 3.8) is 0 Å². The molecule has 2 atom stereocenters. The van der Waals surface area contributed by atoms with Gasteiger partial charge in [0.2, 0.25) is 0 Å². The molecule has 2 saturated heterocycles. The molecule has 0 amide bonds. The summed E-state index contributed by atoms with van der Waals surface area (Å²) in [7, 11) is 2.18. The molecule has 0 radical (unpaired) electrons. The SMILES string of the molecule is CCNC(=NCC(C)N1CCN(C)CC1)N1CCCC(C(=O)OCC)C1. The Morgan fingerprint density at radius 1 is 1.23 bits per heavy atom. The number of hydrogen-bond donors (Lipinski definition) is 1. The maximum absolute atomic E-state index is 12.1. The summed E-state index contributed by atoms with van der Waals surface area (Å²) in [6.45, 7) is 14.4. The summed E-state index contributed by atoms with van der Waals surface area (Å²) in [4.78, 5) is 24.1. The zero-order valence-corrected chi connectivity index (χ0v) is 17.0. The number of likely N-dealkylation sites (N-methyl/N-ethyl adjacent to an activating group) is 1. The van der Waals surface area contributed by atoms with Crippen LogP contribution < -0.4 is 5.32 Å². The van der Waals surface area contributed by atoms with E-state index < -0.39 is 0 Å². The first-order valence-electron chi connectivity index (χ1n) is 10.2. The fraction of sp³-hybridized carbons (Fsp3) is 0.895. The Bertz CT molecular complexity index is 463. The van der Waals surface area contributed by atoms with Gasteiger partial charge in [-0.2, -0.15) is 0 Å². The molecule has 2 unspecified atom stereocenters. The molecule has 26 heavy (non-hydrogen) atoms. The molecule has 0 saturated carbocycles. The van der Waals surface area contributed by atoms with Crippen molar-refractivity contribution in [2.75, 3.05) is 66.0 Å². The number of likely N-dealkylation sites (tertiary alicyclic amines) is 1. The fourth-order valence-corrected chi connectivity index (χ4v) is 3.64. The molecule has 2 heterocycles. The Kier molecular flexibility index (Phi) is 8.65. The molecule has 0 aliphatic carbocycles. The second-order valence-corrected chi connectivity index (χ2v) is 7.42. The lowest BCUT2D eigenvalue weighted by atomic mass is 9.98. The van der Waals surface area contributed by atoms with Crippen LogP contribution in [0.4, 0.5) is 0 Å². The molecule has 2 fully saturated rings. The maximum Gasteiger partial charge on any atom is 0.310 e. The average molecular weight is 368 g/mol. The molecule has 2 aliphatic rings. The van der Waals surface area contributed by atoms with Gasteiger partial charge in [-0.25, -0.2) is 0 Å². The number of hydrogen-bond acceptors (Lipinski definition) is 5. The molecule has 0 aromatic rings. The Hall–Kier alpha value is -1.34. The van der Waals surface area contributed by atoms with Gasteiger partial charge in [-0.15, -0.1) is 0 Å². The predicted molar refractivity (Wildman–Crippen MR) is 105 cm³/mol. The summed E-state index contributed by atoms with van der Waals surface area (Å²) in [5.74, 6) is 0.823. The molecule has 0 aromatic carbocycles. The summed E-state index contributed by atoms with van der Waals surface area (Å²) < 4.78 is 5.22. The highest BCUT2D eigenvalue weighted by atomic mass is 16.5. The van der Waals surface area contributed by atoms with E-state index in [1.165, 1.54) is 0 Å². The smallest absolute Gasteiger partial charge is 0.310 e. The largest absolute Gasteiger partial charge is 0.466 e. The van der Waals surface area contributed by atoms with Crippen LogP contribution in [0.5, 0.6) is 0 Å². The minimum absolute atomic E-state index is 0.0392. The van der Waals surface area contributed by atoms with Crippen molar-refractivity contribution in [1.82, 2.24) is 20.0 Å². The van der Waals surface area contributed by atoms with Crippen LogP contribution in [-0.2, 0) is 9.53 Å². The summed E-state index contributed by atoms with van der Waals surface area (Å²) >= 11 is 0. The van der Waals surface area contributed by atoms with Crippen LogP contribution >= 0.6 is 0 Å². The molecule has 7 nitrogen and oxygen atoms in total. The van der Waals surface area contributed by atoms with Crippen LogP contribution in [0.1, 0.15) is 33.6 Å². The van der Waals surface area contributed by atoms with Gasteiger partial charge in [-0.1, -0.05) is 0 Å². The van der Waals surface area contributed by atoms with E-state index in [-0.39, 0.29) is 11.9 Å². The van der Waals surface area contributed by atoms with Crippen molar-refractivity contribution in [3.8, 4) is 0 Å². The number of nitrogens with zero attached hydrogens (tertiary/aromatic N) is 4. The van der Waals surface area contributed by atoms with Crippen molar-refractivity contribution in [2.24, 2.45) is 10.9 Å². The minimum atomic E-state index is -0.0705. The number of aliphatic imine (C=N–C) groups is 1. The van der Waals surface area contributed by atoms with Gasteiger partial charge in [0.15, 0.2) is 5.96 Å². The Morgan fingerprint density at radius 2 is 1.96 bits per heavy atom.